The molecule has 7 heteroatoms. The first kappa shape index (κ1) is 24.9. The van der Waals surface area contributed by atoms with Crippen LogP contribution < -0.4 is 10.6 Å². The second kappa shape index (κ2) is 11.6. The van der Waals surface area contributed by atoms with Crippen molar-refractivity contribution in [3.05, 3.63) is 12.3 Å². The van der Waals surface area contributed by atoms with Gasteiger partial charge in [0.1, 0.15) is 0 Å². The zero-order valence-electron chi connectivity index (χ0n) is 18.3. The highest BCUT2D eigenvalue weighted by Gasteiger charge is 2.25. The highest BCUT2D eigenvalue weighted by Crippen LogP contribution is 2.08. The van der Waals surface area contributed by atoms with Gasteiger partial charge in [-0.3, -0.25) is 14.4 Å². The molecule has 0 heterocycles. The van der Waals surface area contributed by atoms with Gasteiger partial charge in [0.25, 0.3) is 0 Å². The lowest BCUT2D eigenvalue weighted by Crippen LogP contribution is -2.53. The zero-order chi connectivity index (χ0) is 21.3. The van der Waals surface area contributed by atoms with Gasteiger partial charge in [-0.05, 0) is 5.92 Å². The molecule has 0 radical (unpaired) electrons. The van der Waals surface area contributed by atoms with Gasteiger partial charge in [0.05, 0.1) is 20.0 Å². The van der Waals surface area contributed by atoms with E-state index in [0.29, 0.717) is 0 Å². The van der Waals surface area contributed by atoms with E-state index in [9.17, 15) is 14.4 Å². The first-order valence-corrected chi connectivity index (χ1v) is 9.66. The predicted molar refractivity (Wildman–Crippen MR) is 108 cm³/mol. The van der Waals surface area contributed by atoms with Crippen LogP contribution in [0.5, 0.6) is 0 Å². The number of nitrogens with zero attached hydrogens (tertiary/aromatic N) is 2. The number of allylic oxidation sites excluding steroid dienone is 1. The van der Waals surface area contributed by atoms with Crippen molar-refractivity contribution >= 4 is 17.7 Å². The quantitative estimate of drug-likeness (QED) is 0.538. The molecule has 0 aliphatic carbocycles. The lowest BCUT2D eigenvalue weighted by molar-refractivity contribution is -0.144. The van der Waals surface area contributed by atoms with Crippen LogP contribution in [-0.2, 0) is 14.4 Å². The molecule has 3 amide bonds. The number of hydrogen-bond donors (Lipinski definition) is 2. The summed E-state index contributed by atoms with van der Waals surface area (Å²) in [5, 5.41) is 5.92. The Bertz CT molecular complexity index is 481. The van der Waals surface area contributed by atoms with Gasteiger partial charge in [-0.1, -0.05) is 62.0 Å². The van der Waals surface area contributed by atoms with Crippen LogP contribution in [0, 0.1) is 23.7 Å². The van der Waals surface area contributed by atoms with Crippen molar-refractivity contribution < 1.29 is 14.4 Å². The van der Waals surface area contributed by atoms with Crippen LogP contribution in [-0.4, -0.2) is 47.5 Å². The third-order valence-corrected chi connectivity index (χ3v) is 4.11. The van der Waals surface area contributed by atoms with Gasteiger partial charge >= 0.3 is 0 Å². The molecule has 2 N–H and O–H groups in total. The molecule has 0 bridgehead atoms. The molecule has 7 nitrogen and oxygen atoms in total. The Morgan fingerprint density at radius 1 is 0.704 bits per heavy atom. The van der Waals surface area contributed by atoms with Crippen molar-refractivity contribution in [3.63, 3.8) is 0 Å². The number of nitrogens with one attached hydrogen (secondary N) is 2. The lowest BCUT2D eigenvalue weighted by Gasteiger charge is -2.33. The fourth-order valence-electron chi connectivity index (χ4n) is 2.11. The fraction of sp³-hybridized carbons (Fsp3) is 0.750. The summed E-state index contributed by atoms with van der Waals surface area (Å²) in [7, 11) is 0. The summed E-state index contributed by atoms with van der Waals surface area (Å²) in [6.45, 7) is 19.2. The molecule has 0 aromatic heterocycles. The number of carbonyl (C=O) groups excluding carboxylic acids is 3. The van der Waals surface area contributed by atoms with Gasteiger partial charge in [0.15, 0.2) is 0 Å². The average molecular weight is 383 g/mol. The van der Waals surface area contributed by atoms with Crippen LogP contribution in [0.15, 0.2) is 12.3 Å². The first-order chi connectivity index (χ1) is 12.4. The molecule has 0 saturated carbocycles. The smallest absolute Gasteiger partial charge is 0.227 e. The van der Waals surface area contributed by atoms with E-state index >= 15 is 0 Å². The number of carbonyl (C=O) groups is 3. The highest BCUT2D eigenvalue weighted by molar-refractivity contribution is 5.82. The van der Waals surface area contributed by atoms with Gasteiger partial charge in [0, 0.05) is 23.5 Å². The van der Waals surface area contributed by atoms with E-state index in [4.69, 9.17) is 0 Å². The summed E-state index contributed by atoms with van der Waals surface area (Å²) in [4.78, 5) is 40.2. The van der Waals surface area contributed by atoms with Crippen molar-refractivity contribution in [2.24, 2.45) is 23.7 Å². The van der Waals surface area contributed by atoms with Crippen LogP contribution in [0.25, 0.3) is 0 Å². The van der Waals surface area contributed by atoms with Crippen LogP contribution in [0.3, 0.4) is 0 Å². The Labute approximate surface area is 164 Å². The van der Waals surface area contributed by atoms with Crippen LogP contribution in [0.1, 0.15) is 55.4 Å². The lowest BCUT2D eigenvalue weighted by atomic mass is 10.1. The minimum Gasteiger partial charge on any atom is -0.371 e. The van der Waals surface area contributed by atoms with E-state index in [1.165, 1.54) is 4.90 Å². The second-order valence-corrected chi connectivity index (χ2v) is 8.08. The molecule has 0 aliphatic rings. The molecule has 27 heavy (non-hydrogen) atoms. The average Bonchev–Trinajstić information content (AvgIpc) is 2.58. The first-order valence-electron chi connectivity index (χ1n) is 9.66. The SMILES string of the molecule is C=C(NCN(CN(CNC(=O)C(C)C)C(=O)C(C)C)C(=O)C(C)C)C(C)C. The maximum atomic E-state index is 12.6. The van der Waals surface area contributed by atoms with E-state index in [-0.39, 0.29) is 61.4 Å². The molecule has 0 aliphatic heterocycles. The number of hydrogen-bond acceptors (Lipinski definition) is 4. The normalized spacial score (nSPS) is 11.1. The molecule has 0 spiro atoms. The van der Waals surface area contributed by atoms with Gasteiger partial charge in [-0.25, -0.2) is 0 Å². The van der Waals surface area contributed by atoms with Crippen LogP contribution in [0.2, 0.25) is 0 Å². The monoisotopic (exact) mass is 382 g/mol. The van der Waals surface area contributed by atoms with E-state index in [1.807, 2.05) is 27.7 Å². The van der Waals surface area contributed by atoms with Gasteiger partial charge in [-0.15, -0.1) is 0 Å². The molecular weight excluding hydrogens is 344 g/mol. The Hall–Kier alpha value is -2.05. The Kier molecular flexibility index (Phi) is 10.7. The molecule has 156 valence electrons. The third-order valence-electron chi connectivity index (χ3n) is 4.11. The predicted octanol–water partition coefficient (Wildman–Crippen LogP) is 2.36. The number of rotatable bonds is 11. The van der Waals surface area contributed by atoms with E-state index in [2.05, 4.69) is 17.2 Å². The third kappa shape index (κ3) is 8.93. The Balaban J connectivity index is 5.30. The second-order valence-electron chi connectivity index (χ2n) is 8.08. The molecule has 0 rings (SSSR count). The summed E-state index contributed by atoms with van der Waals surface area (Å²) in [5.41, 5.74) is 0.825. The summed E-state index contributed by atoms with van der Waals surface area (Å²) >= 11 is 0. The molecule has 0 fully saturated rings. The minimum atomic E-state index is -0.240. The zero-order valence-corrected chi connectivity index (χ0v) is 18.3. The van der Waals surface area contributed by atoms with E-state index in [1.54, 1.807) is 32.6 Å². The summed E-state index contributed by atoms with van der Waals surface area (Å²) in [5.74, 6) is -0.718. The molecule has 0 aromatic carbocycles. The topological polar surface area (TPSA) is 81.8 Å². The maximum Gasteiger partial charge on any atom is 0.227 e. The largest absolute Gasteiger partial charge is 0.371 e. The molecular formula is C20H38N4O3. The van der Waals surface area contributed by atoms with Crippen molar-refractivity contribution in [1.82, 2.24) is 20.4 Å². The van der Waals surface area contributed by atoms with Crippen molar-refractivity contribution in [3.8, 4) is 0 Å². The van der Waals surface area contributed by atoms with Crippen molar-refractivity contribution in [2.45, 2.75) is 55.4 Å². The number of amides is 3. The van der Waals surface area contributed by atoms with Crippen LogP contribution in [0.4, 0.5) is 0 Å². The van der Waals surface area contributed by atoms with E-state index < -0.39 is 0 Å². The molecule has 0 aromatic rings. The van der Waals surface area contributed by atoms with Gasteiger partial charge < -0.3 is 20.4 Å². The molecule has 0 unspecified atom stereocenters. The molecule has 0 atom stereocenters. The standard InChI is InChI=1S/C20H38N4O3/c1-13(2)17(9)21-10-23(19(26)15(5)6)12-24(20(27)16(7)8)11-22-18(25)14(3)4/h13-16,21H,9-12H2,1-8H3,(H,22,25). The van der Waals surface area contributed by atoms with Crippen LogP contribution >= 0.6 is 0 Å². The van der Waals surface area contributed by atoms with Gasteiger partial charge in [-0.2, -0.15) is 0 Å². The van der Waals surface area contributed by atoms with E-state index in [0.717, 1.165) is 5.70 Å². The Morgan fingerprint density at radius 2 is 1.11 bits per heavy atom. The summed E-state index contributed by atoms with van der Waals surface area (Å²) in [6, 6.07) is 0. The summed E-state index contributed by atoms with van der Waals surface area (Å²) < 4.78 is 0. The van der Waals surface area contributed by atoms with Crippen molar-refractivity contribution in [2.75, 3.05) is 20.0 Å². The van der Waals surface area contributed by atoms with Gasteiger partial charge in [0.2, 0.25) is 17.7 Å². The Morgan fingerprint density at radius 3 is 1.44 bits per heavy atom. The minimum absolute atomic E-state index is 0.0705. The maximum absolute atomic E-state index is 12.6. The van der Waals surface area contributed by atoms with Crippen molar-refractivity contribution in [1.29, 1.82) is 0 Å². The molecule has 0 saturated heterocycles. The summed E-state index contributed by atoms with van der Waals surface area (Å²) in [6.07, 6.45) is 0. The fourth-order valence-corrected chi connectivity index (χ4v) is 2.11. The highest BCUT2D eigenvalue weighted by atomic mass is 16.2.